The number of hydrogen-bond donors (Lipinski definition) is 1. The molecule has 0 spiro atoms. The van der Waals surface area contributed by atoms with Crippen molar-refractivity contribution in [2.45, 2.75) is 46.1 Å². The summed E-state index contributed by atoms with van der Waals surface area (Å²) in [5, 5.41) is 11.2. The lowest BCUT2D eigenvalue weighted by atomic mass is 9.95. The predicted molar refractivity (Wildman–Crippen MR) is 139 cm³/mol. The Balaban J connectivity index is 1.92. The first-order valence-corrected chi connectivity index (χ1v) is 12.6. The molecule has 0 bridgehead atoms. The molecule has 2 aromatic carbocycles. The molecule has 1 heterocycles. The number of carbonyl (C=O) groups excluding carboxylic acids is 2. The molecule has 1 aliphatic rings. The Morgan fingerprint density at radius 2 is 1.58 bits per heavy atom. The van der Waals surface area contributed by atoms with E-state index < -0.39 is 17.7 Å². The average Bonchev–Trinajstić information content (AvgIpc) is 3.13. The first-order chi connectivity index (χ1) is 17.4. The zero-order valence-corrected chi connectivity index (χ0v) is 21.7. The van der Waals surface area contributed by atoms with E-state index in [1.165, 1.54) is 4.90 Å². The highest BCUT2D eigenvalue weighted by Crippen LogP contribution is 2.39. The van der Waals surface area contributed by atoms with Crippen LogP contribution in [0.25, 0.3) is 5.76 Å². The van der Waals surface area contributed by atoms with Gasteiger partial charge in [0, 0.05) is 19.2 Å². The number of aliphatic hydroxyl groups is 1. The number of aliphatic hydroxyl groups excluding tert-OH is 1. The summed E-state index contributed by atoms with van der Waals surface area (Å²) in [5.74, 6) is 0.200. The molecule has 1 aliphatic heterocycles. The van der Waals surface area contributed by atoms with Gasteiger partial charge in [0.15, 0.2) is 0 Å². The summed E-state index contributed by atoms with van der Waals surface area (Å²) in [7, 11) is 1.54. The summed E-state index contributed by atoms with van der Waals surface area (Å²) in [6.45, 7) is 7.98. The molecule has 3 rings (SSSR count). The van der Waals surface area contributed by atoms with Gasteiger partial charge in [-0.05, 0) is 54.3 Å². The minimum atomic E-state index is -0.732. The maximum atomic E-state index is 13.1. The molecule has 2 aromatic rings. The number of benzene rings is 2. The van der Waals surface area contributed by atoms with Gasteiger partial charge in [0.2, 0.25) is 0 Å². The van der Waals surface area contributed by atoms with Crippen LogP contribution in [0, 0.1) is 5.92 Å². The third kappa shape index (κ3) is 6.66. The van der Waals surface area contributed by atoms with E-state index in [1.807, 2.05) is 24.3 Å². The van der Waals surface area contributed by atoms with Crippen LogP contribution in [-0.2, 0) is 14.3 Å². The topological polar surface area (TPSA) is 85.3 Å². The van der Waals surface area contributed by atoms with Crippen LogP contribution in [0.5, 0.6) is 11.5 Å². The van der Waals surface area contributed by atoms with Gasteiger partial charge in [0.05, 0.1) is 31.4 Å². The lowest BCUT2D eigenvalue weighted by Crippen LogP contribution is -2.32. The standard InChI is InChI=1S/C29H37NO6/c1-5-6-7-17-35-23-14-10-22(11-15-23)27(31)25-26(30(16-18-34-4)29(33)28(25)32)21-8-12-24(13-9-21)36-19-20(2)3/h8-15,20,26,31H,5-7,16-19H2,1-4H3/b27-25-. The monoisotopic (exact) mass is 495 g/mol. The number of ether oxygens (including phenoxy) is 3. The van der Waals surface area contributed by atoms with Crippen molar-refractivity contribution in [2.24, 2.45) is 5.92 Å². The molecule has 0 aliphatic carbocycles. The van der Waals surface area contributed by atoms with Crippen LogP contribution in [-0.4, -0.2) is 55.2 Å². The molecule has 1 saturated heterocycles. The molecule has 0 aromatic heterocycles. The fraction of sp³-hybridized carbons (Fsp3) is 0.448. The van der Waals surface area contributed by atoms with E-state index in [0.29, 0.717) is 41.8 Å². The Labute approximate surface area is 213 Å². The van der Waals surface area contributed by atoms with Gasteiger partial charge in [-0.15, -0.1) is 0 Å². The highest BCUT2D eigenvalue weighted by Gasteiger charge is 2.45. The zero-order chi connectivity index (χ0) is 26.1. The molecule has 0 saturated carbocycles. The first kappa shape index (κ1) is 27.3. The normalized spacial score (nSPS) is 17.1. The van der Waals surface area contributed by atoms with Crippen molar-refractivity contribution in [3.8, 4) is 11.5 Å². The van der Waals surface area contributed by atoms with Gasteiger partial charge in [-0.3, -0.25) is 9.59 Å². The third-order valence-electron chi connectivity index (χ3n) is 6.00. The summed E-state index contributed by atoms with van der Waals surface area (Å²) < 4.78 is 16.7. The van der Waals surface area contributed by atoms with Crippen molar-refractivity contribution in [2.75, 3.05) is 33.5 Å². The maximum Gasteiger partial charge on any atom is 0.295 e. The second-order valence-corrected chi connectivity index (χ2v) is 9.34. The van der Waals surface area contributed by atoms with E-state index >= 15 is 0 Å². The molecule has 1 fully saturated rings. The quantitative estimate of drug-likeness (QED) is 0.174. The molecule has 7 nitrogen and oxygen atoms in total. The van der Waals surface area contributed by atoms with Crippen LogP contribution in [0.15, 0.2) is 54.1 Å². The van der Waals surface area contributed by atoms with Crippen LogP contribution in [0.2, 0.25) is 0 Å². The van der Waals surface area contributed by atoms with E-state index in [-0.39, 0.29) is 24.5 Å². The van der Waals surface area contributed by atoms with Crippen molar-refractivity contribution < 1.29 is 28.9 Å². The van der Waals surface area contributed by atoms with E-state index in [4.69, 9.17) is 14.2 Å². The number of rotatable bonds is 13. The summed E-state index contributed by atoms with van der Waals surface area (Å²) in [6, 6.07) is 13.5. The minimum Gasteiger partial charge on any atom is -0.507 e. The Morgan fingerprint density at radius 3 is 2.19 bits per heavy atom. The molecule has 194 valence electrons. The Kier molecular flexibility index (Phi) is 9.94. The number of unbranched alkanes of at least 4 members (excludes halogenated alkanes) is 2. The van der Waals surface area contributed by atoms with Gasteiger partial charge >= 0.3 is 0 Å². The molecular formula is C29H37NO6. The molecule has 1 amide bonds. The van der Waals surface area contributed by atoms with Crippen LogP contribution in [0.4, 0.5) is 0 Å². The van der Waals surface area contributed by atoms with E-state index in [2.05, 4.69) is 20.8 Å². The first-order valence-electron chi connectivity index (χ1n) is 12.6. The van der Waals surface area contributed by atoms with Crippen LogP contribution < -0.4 is 9.47 Å². The lowest BCUT2D eigenvalue weighted by molar-refractivity contribution is -0.140. The van der Waals surface area contributed by atoms with Crippen molar-refractivity contribution in [1.29, 1.82) is 0 Å². The average molecular weight is 496 g/mol. The second kappa shape index (κ2) is 13.1. The predicted octanol–water partition coefficient (Wildman–Crippen LogP) is 5.36. The van der Waals surface area contributed by atoms with E-state index in [0.717, 1.165) is 19.3 Å². The number of ketones is 1. The number of nitrogens with zero attached hydrogens (tertiary/aromatic N) is 1. The Morgan fingerprint density at radius 1 is 0.944 bits per heavy atom. The summed E-state index contributed by atoms with van der Waals surface area (Å²) >= 11 is 0. The number of amides is 1. The van der Waals surface area contributed by atoms with E-state index in [9.17, 15) is 14.7 Å². The number of hydrogen-bond acceptors (Lipinski definition) is 6. The summed E-state index contributed by atoms with van der Waals surface area (Å²) in [5.41, 5.74) is 1.21. The molecule has 0 radical (unpaired) electrons. The van der Waals surface area contributed by atoms with Gasteiger partial charge < -0.3 is 24.2 Å². The van der Waals surface area contributed by atoms with Crippen LogP contribution >= 0.6 is 0 Å². The van der Waals surface area contributed by atoms with Crippen molar-refractivity contribution in [3.05, 3.63) is 65.2 Å². The van der Waals surface area contributed by atoms with Crippen LogP contribution in [0.1, 0.15) is 57.2 Å². The number of methoxy groups -OCH3 is 1. The fourth-order valence-corrected chi connectivity index (χ4v) is 4.06. The fourth-order valence-electron chi connectivity index (χ4n) is 4.06. The van der Waals surface area contributed by atoms with Gasteiger partial charge in [0.25, 0.3) is 11.7 Å². The smallest absolute Gasteiger partial charge is 0.295 e. The second-order valence-electron chi connectivity index (χ2n) is 9.34. The third-order valence-corrected chi connectivity index (χ3v) is 6.00. The summed E-state index contributed by atoms with van der Waals surface area (Å²) in [6.07, 6.45) is 3.20. The summed E-state index contributed by atoms with van der Waals surface area (Å²) in [4.78, 5) is 27.5. The van der Waals surface area contributed by atoms with Crippen LogP contribution in [0.3, 0.4) is 0 Å². The number of Topliss-reactive ketones (excluding diaryl/α,β-unsaturated/α-hetero) is 1. The SMILES string of the molecule is CCCCCOc1ccc(/C(O)=C2/C(=O)C(=O)N(CCOC)C2c2ccc(OCC(C)C)cc2)cc1. The number of likely N-dealkylation sites (tertiary alicyclic amines) is 1. The minimum absolute atomic E-state index is 0.0589. The van der Waals surface area contributed by atoms with Gasteiger partial charge in [-0.1, -0.05) is 45.7 Å². The van der Waals surface area contributed by atoms with E-state index in [1.54, 1.807) is 31.4 Å². The Bertz CT molecular complexity index is 1040. The van der Waals surface area contributed by atoms with Crippen molar-refractivity contribution >= 4 is 17.4 Å². The molecule has 1 atom stereocenters. The molecule has 1 unspecified atom stereocenters. The number of carbonyl (C=O) groups is 2. The maximum absolute atomic E-state index is 13.1. The lowest BCUT2D eigenvalue weighted by Gasteiger charge is -2.25. The van der Waals surface area contributed by atoms with Crippen molar-refractivity contribution in [3.63, 3.8) is 0 Å². The van der Waals surface area contributed by atoms with Gasteiger partial charge in [-0.25, -0.2) is 0 Å². The van der Waals surface area contributed by atoms with Crippen molar-refractivity contribution in [1.82, 2.24) is 4.90 Å². The Hall–Kier alpha value is -3.32. The largest absolute Gasteiger partial charge is 0.507 e. The molecular weight excluding hydrogens is 458 g/mol. The zero-order valence-electron chi connectivity index (χ0n) is 21.7. The highest BCUT2D eigenvalue weighted by molar-refractivity contribution is 6.46. The molecule has 1 N–H and O–H groups in total. The highest BCUT2D eigenvalue weighted by atomic mass is 16.5. The molecule has 7 heteroatoms. The van der Waals surface area contributed by atoms with Gasteiger partial charge in [0.1, 0.15) is 17.3 Å². The molecule has 36 heavy (non-hydrogen) atoms. The van der Waals surface area contributed by atoms with Gasteiger partial charge in [-0.2, -0.15) is 0 Å².